The first-order valence-corrected chi connectivity index (χ1v) is 10.2. The predicted octanol–water partition coefficient (Wildman–Crippen LogP) is 4.70. The molecule has 1 aliphatic heterocycles. The fourth-order valence-corrected chi connectivity index (χ4v) is 5.87. The van der Waals surface area contributed by atoms with Crippen LogP contribution < -0.4 is 4.90 Å². The molecule has 1 heterocycles. The fraction of sp³-hybridized carbons (Fsp3) is 0.231. The number of carbonyl (C=O) groups excluding carboxylic acids is 2. The molecule has 3 heteroatoms. The maximum atomic E-state index is 13.7. The lowest BCUT2D eigenvalue weighted by molar-refractivity contribution is -0.122. The molecular weight excluding hydrogens is 358 g/mol. The van der Waals surface area contributed by atoms with Crippen molar-refractivity contribution in [1.29, 1.82) is 0 Å². The lowest BCUT2D eigenvalue weighted by atomic mass is 9.55. The molecule has 4 aliphatic rings. The molecule has 2 bridgehead atoms. The maximum absolute atomic E-state index is 13.7. The number of imide groups is 1. The molecule has 2 amide bonds. The standard InChI is InChI=1S/C26H21NO2/c1-14-6-5-7-16(12-14)27-25(28)23-21-17-8-3-4-9-18(17)22(24(23)26(27)29)20-13-15(2)10-11-19(20)21/h3-13,21-24H,1-2H3. The van der Waals surface area contributed by atoms with Crippen LogP contribution in [0.25, 0.3) is 0 Å². The van der Waals surface area contributed by atoms with E-state index in [0.29, 0.717) is 5.69 Å². The van der Waals surface area contributed by atoms with E-state index in [-0.39, 0.29) is 35.5 Å². The molecule has 3 aromatic carbocycles. The van der Waals surface area contributed by atoms with Gasteiger partial charge >= 0.3 is 0 Å². The largest absolute Gasteiger partial charge is 0.274 e. The third-order valence-corrected chi connectivity index (χ3v) is 6.95. The summed E-state index contributed by atoms with van der Waals surface area (Å²) >= 11 is 0. The molecule has 142 valence electrons. The minimum atomic E-state index is -0.322. The topological polar surface area (TPSA) is 37.4 Å². The third-order valence-electron chi connectivity index (χ3n) is 6.95. The highest BCUT2D eigenvalue weighted by atomic mass is 16.2. The van der Waals surface area contributed by atoms with Gasteiger partial charge in [-0.2, -0.15) is 0 Å². The van der Waals surface area contributed by atoms with Crippen molar-refractivity contribution < 1.29 is 9.59 Å². The van der Waals surface area contributed by atoms with Gasteiger partial charge in [0, 0.05) is 11.8 Å². The van der Waals surface area contributed by atoms with Crippen LogP contribution in [0.4, 0.5) is 5.69 Å². The molecule has 4 unspecified atom stereocenters. The summed E-state index contributed by atoms with van der Waals surface area (Å²) in [7, 11) is 0. The van der Waals surface area contributed by atoms with E-state index >= 15 is 0 Å². The van der Waals surface area contributed by atoms with Crippen LogP contribution in [0.1, 0.15) is 45.2 Å². The maximum Gasteiger partial charge on any atom is 0.238 e. The zero-order valence-corrected chi connectivity index (χ0v) is 16.4. The van der Waals surface area contributed by atoms with Gasteiger partial charge in [-0.15, -0.1) is 0 Å². The van der Waals surface area contributed by atoms with Crippen molar-refractivity contribution >= 4 is 17.5 Å². The molecular formula is C26H21NO2. The molecule has 0 spiro atoms. The van der Waals surface area contributed by atoms with Gasteiger partial charge in [0.25, 0.3) is 0 Å². The molecule has 1 fully saturated rings. The molecule has 3 aromatic rings. The Kier molecular flexibility index (Phi) is 3.27. The minimum absolute atomic E-state index is 0.0527. The van der Waals surface area contributed by atoms with Crippen LogP contribution in [0.3, 0.4) is 0 Å². The Balaban J connectivity index is 1.58. The van der Waals surface area contributed by atoms with Gasteiger partial charge in [-0.1, -0.05) is 60.2 Å². The van der Waals surface area contributed by atoms with Crippen LogP contribution in [0, 0.1) is 25.7 Å². The van der Waals surface area contributed by atoms with E-state index in [1.165, 1.54) is 32.7 Å². The van der Waals surface area contributed by atoms with Gasteiger partial charge in [0.2, 0.25) is 11.8 Å². The predicted molar refractivity (Wildman–Crippen MR) is 112 cm³/mol. The van der Waals surface area contributed by atoms with Gasteiger partial charge in [0.05, 0.1) is 17.5 Å². The third kappa shape index (κ3) is 2.08. The fourth-order valence-electron chi connectivity index (χ4n) is 5.87. The molecule has 3 nitrogen and oxygen atoms in total. The van der Waals surface area contributed by atoms with Crippen LogP contribution in [-0.2, 0) is 9.59 Å². The highest BCUT2D eigenvalue weighted by molar-refractivity contribution is 6.23. The summed E-state index contributed by atoms with van der Waals surface area (Å²) in [4.78, 5) is 28.8. The van der Waals surface area contributed by atoms with Crippen molar-refractivity contribution in [1.82, 2.24) is 0 Å². The summed E-state index contributed by atoms with van der Waals surface area (Å²) in [5, 5.41) is 0. The van der Waals surface area contributed by atoms with Crippen molar-refractivity contribution in [3.63, 3.8) is 0 Å². The van der Waals surface area contributed by atoms with Crippen LogP contribution >= 0.6 is 0 Å². The number of carbonyl (C=O) groups is 2. The highest BCUT2D eigenvalue weighted by Crippen LogP contribution is 2.61. The van der Waals surface area contributed by atoms with Crippen molar-refractivity contribution in [3.05, 3.63) is 100 Å². The van der Waals surface area contributed by atoms with Gasteiger partial charge in [0.15, 0.2) is 0 Å². The zero-order valence-electron chi connectivity index (χ0n) is 16.4. The first kappa shape index (κ1) is 16.7. The van der Waals surface area contributed by atoms with E-state index < -0.39 is 0 Å². The van der Waals surface area contributed by atoms with E-state index in [1.807, 2.05) is 43.3 Å². The monoisotopic (exact) mass is 379 g/mol. The van der Waals surface area contributed by atoms with Crippen molar-refractivity contribution in [2.75, 3.05) is 4.90 Å². The van der Waals surface area contributed by atoms with E-state index in [2.05, 4.69) is 37.3 Å². The first-order valence-electron chi connectivity index (χ1n) is 10.2. The van der Waals surface area contributed by atoms with Crippen LogP contribution in [-0.4, -0.2) is 11.8 Å². The number of hydrogen-bond donors (Lipinski definition) is 0. The van der Waals surface area contributed by atoms with E-state index in [1.54, 1.807) is 0 Å². The summed E-state index contributed by atoms with van der Waals surface area (Å²) in [5.41, 5.74) is 7.79. The Morgan fingerprint density at radius 3 is 1.86 bits per heavy atom. The molecule has 0 saturated carbocycles. The van der Waals surface area contributed by atoms with Gasteiger partial charge in [-0.05, 0) is 53.8 Å². The second kappa shape index (κ2) is 5.66. The minimum Gasteiger partial charge on any atom is -0.274 e. The van der Waals surface area contributed by atoms with E-state index in [9.17, 15) is 9.59 Å². The molecule has 7 rings (SSSR count). The normalized spacial score (nSPS) is 26.3. The second-order valence-corrected chi connectivity index (χ2v) is 8.62. The number of amides is 2. The Labute approximate surface area is 170 Å². The van der Waals surface area contributed by atoms with Crippen molar-refractivity contribution in [2.24, 2.45) is 11.8 Å². The lowest BCUT2D eigenvalue weighted by Gasteiger charge is -2.46. The average Bonchev–Trinajstić information content (AvgIpc) is 2.99. The van der Waals surface area contributed by atoms with Gasteiger partial charge in [-0.3, -0.25) is 9.59 Å². The Morgan fingerprint density at radius 1 is 0.621 bits per heavy atom. The first-order chi connectivity index (χ1) is 14.1. The molecule has 0 aromatic heterocycles. The Hall–Kier alpha value is -3.20. The average molecular weight is 379 g/mol. The van der Waals surface area contributed by atoms with E-state index in [0.717, 1.165) is 5.56 Å². The number of anilines is 1. The van der Waals surface area contributed by atoms with Crippen molar-refractivity contribution in [3.8, 4) is 0 Å². The second-order valence-electron chi connectivity index (χ2n) is 8.62. The van der Waals surface area contributed by atoms with E-state index in [4.69, 9.17) is 0 Å². The van der Waals surface area contributed by atoms with Gasteiger partial charge in [-0.25, -0.2) is 4.90 Å². The highest BCUT2D eigenvalue weighted by Gasteiger charge is 2.61. The molecule has 4 atom stereocenters. The molecule has 0 radical (unpaired) electrons. The summed E-state index contributed by atoms with van der Waals surface area (Å²) in [6, 6.07) is 22.6. The summed E-state index contributed by atoms with van der Waals surface area (Å²) in [6.45, 7) is 4.08. The zero-order chi connectivity index (χ0) is 19.9. The number of nitrogens with zero attached hydrogens (tertiary/aromatic N) is 1. The SMILES string of the molecule is Cc1cccc(N2C(=O)C3C4c5ccccc5C(c5cc(C)ccc54)C3C2=O)c1. The number of hydrogen-bond acceptors (Lipinski definition) is 2. The number of rotatable bonds is 1. The Bertz CT molecular complexity index is 1210. The van der Waals surface area contributed by atoms with Crippen LogP contribution in [0.5, 0.6) is 0 Å². The van der Waals surface area contributed by atoms with Gasteiger partial charge in [0.1, 0.15) is 0 Å². The molecule has 3 aliphatic carbocycles. The quantitative estimate of drug-likeness (QED) is 0.575. The number of benzene rings is 3. The Morgan fingerprint density at radius 2 is 1.21 bits per heavy atom. The molecule has 0 N–H and O–H groups in total. The van der Waals surface area contributed by atoms with Gasteiger partial charge < -0.3 is 0 Å². The van der Waals surface area contributed by atoms with Crippen molar-refractivity contribution in [2.45, 2.75) is 25.7 Å². The molecule has 29 heavy (non-hydrogen) atoms. The summed E-state index contributed by atoms with van der Waals surface area (Å²) < 4.78 is 0. The number of aryl methyl sites for hydroxylation is 2. The summed E-state index contributed by atoms with van der Waals surface area (Å²) in [5.74, 6) is -0.857. The summed E-state index contributed by atoms with van der Waals surface area (Å²) in [6.07, 6.45) is 0. The smallest absolute Gasteiger partial charge is 0.238 e. The molecule has 1 saturated heterocycles. The van der Waals surface area contributed by atoms with Crippen LogP contribution in [0.15, 0.2) is 66.7 Å². The van der Waals surface area contributed by atoms with Crippen LogP contribution in [0.2, 0.25) is 0 Å². The lowest BCUT2D eigenvalue weighted by Crippen LogP contribution is -2.41.